The first kappa shape index (κ1) is 7.32. The highest BCUT2D eigenvalue weighted by atomic mass is 16.3. The Labute approximate surface area is 49.2 Å². The molecule has 0 heterocycles. The van der Waals surface area contributed by atoms with Crippen molar-refractivity contribution < 1.29 is 10.2 Å². The Bertz CT molecular complexity index is 116. The van der Waals surface area contributed by atoms with E-state index in [0.29, 0.717) is 6.42 Å². The Morgan fingerprint density at radius 3 is 2.25 bits per heavy atom. The van der Waals surface area contributed by atoms with Gasteiger partial charge in [-0.3, -0.25) is 0 Å². The van der Waals surface area contributed by atoms with Crippen LogP contribution < -0.4 is 0 Å². The summed E-state index contributed by atoms with van der Waals surface area (Å²) in [6.45, 7) is 3.35. The quantitative estimate of drug-likeness (QED) is 0.487. The maximum absolute atomic E-state index is 8.99. The summed E-state index contributed by atoms with van der Waals surface area (Å²) in [6.07, 6.45) is 2.19. The predicted octanol–water partition coefficient (Wildman–Crippen LogP) is 0.481. The standard InChI is InChI=1S/C6H10O2/c1-3-6(2,8)4-5-7/h7-8H,3H2,1-2H3. The molecule has 0 spiro atoms. The van der Waals surface area contributed by atoms with Gasteiger partial charge >= 0.3 is 0 Å². The number of aliphatic hydroxyl groups excluding tert-OH is 1. The molecule has 2 heteroatoms. The van der Waals surface area contributed by atoms with Gasteiger partial charge in [-0.05, 0) is 19.3 Å². The molecule has 0 aliphatic rings. The minimum Gasteiger partial charge on any atom is -0.462 e. The normalized spacial score (nSPS) is 15.9. The summed E-state index contributed by atoms with van der Waals surface area (Å²) in [5.74, 6) is 2.23. The fourth-order valence-electron chi connectivity index (χ4n) is 0.209. The van der Waals surface area contributed by atoms with E-state index in [0.717, 1.165) is 0 Å². The molecule has 0 aromatic heterocycles. The lowest BCUT2D eigenvalue weighted by molar-refractivity contribution is 0.117. The van der Waals surface area contributed by atoms with Gasteiger partial charge in [0.15, 0.2) is 0 Å². The van der Waals surface area contributed by atoms with Crippen molar-refractivity contribution in [3.05, 3.63) is 0 Å². The molecule has 0 aliphatic heterocycles. The number of hydrogen-bond acceptors (Lipinski definition) is 2. The lowest BCUT2D eigenvalue weighted by Crippen LogP contribution is -2.19. The van der Waals surface area contributed by atoms with Crippen LogP contribution >= 0.6 is 0 Å². The summed E-state index contributed by atoms with van der Waals surface area (Å²) in [6, 6.07) is 0. The maximum Gasteiger partial charge on any atom is 0.125 e. The van der Waals surface area contributed by atoms with E-state index in [-0.39, 0.29) is 0 Å². The molecule has 0 saturated heterocycles. The van der Waals surface area contributed by atoms with Gasteiger partial charge in [0.2, 0.25) is 0 Å². The SMILES string of the molecule is CCC(C)(O)C#CO. The van der Waals surface area contributed by atoms with E-state index in [9.17, 15) is 0 Å². The van der Waals surface area contributed by atoms with E-state index in [1.54, 1.807) is 20.0 Å². The minimum absolute atomic E-state index is 0.528. The van der Waals surface area contributed by atoms with E-state index in [1.165, 1.54) is 0 Å². The molecule has 46 valence electrons. The fourth-order valence-corrected chi connectivity index (χ4v) is 0.209. The molecule has 0 amide bonds. The topological polar surface area (TPSA) is 40.5 Å². The van der Waals surface area contributed by atoms with Gasteiger partial charge in [-0.1, -0.05) is 6.92 Å². The molecule has 0 saturated carbocycles. The first-order chi connectivity index (χ1) is 3.62. The monoisotopic (exact) mass is 114 g/mol. The Balaban J connectivity index is 3.85. The van der Waals surface area contributed by atoms with Crippen molar-refractivity contribution in [3.8, 4) is 12.0 Å². The molecule has 0 radical (unpaired) electrons. The highest BCUT2D eigenvalue weighted by Crippen LogP contribution is 2.04. The van der Waals surface area contributed by atoms with Crippen molar-refractivity contribution in [1.82, 2.24) is 0 Å². The number of rotatable bonds is 1. The van der Waals surface area contributed by atoms with Gasteiger partial charge in [0, 0.05) is 0 Å². The van der Waals surface area contributed by atoms with Crippen molar-refractivity contribution in [3.63, 3.8) is 0 Å². The van der Waals surface area contributed by atoms with Crippen LogP contribution in [0, 0.1) is 12.0 Å². The van der Waals surface area contributed by atoms with Crippen molar-refractivity contribution in [2.45, 2.75) is 25.9 Å². The van der Waals surface area contributed by atoms with Gasteiger partial charge in [-0.15, -0.1) is 0 Å². The predicted molar refractivity (Wildman–Crippen MR) is 30.6 cm³/mol. The molecule has 1 unspecified atom stereocenters. The van der Waals surface area contributed by atoms with E-state index >= 15 is 0 Å². The minimum atomic E-state index is -1.02. The molecular weight excluding hydrogens is 104 g/mol. The van der Waals surface area contributed by atoms with Crippen LogP contribution in [0.3, 0.4) is 0 Å². The summed E-state index contributed by atoms with van der Waals surface area (Å²) in [5, 5.41) is 17.0. The van der Waals surface area contributed by atoms with Gasteiger partial charge in [-0.2, -0.15) is 0 Å². The molecular formula is C6H10O2. The summed E-state index contributed by atoms with van der Waals surface area (Å²) in [7, 11) is 0. The van der Waals surface area contributed by atoms with Gasteiger partial charge in [0.05, 0.1) is 0 Å². The number of hydrogen-bond donors (Lipinski definition) is 2. The van der Waals surface area contributed by atoms with Gasteiger partial charge < -0.3 is 10.2 Å². The third-order valence-corrected chi connectivity index (χ3v) is 1.01. The van der Waals surface area contributed by atoms with Crippen molar-refractivity contribution in [1.29, 1.82) is 0 Å². The van der Waals surface area contributed by atoms with E-state index in [1.807, 2.05) is 0 Å². The van der Waals surface area contributed by atoms with E-state index < -0.39 is 5.60 Å². The zero-order chi connectivity index (χ0) is 6.62. The third kappa shape index (κ3) is 2.49. The summed E-state index contributed by atoms with van der Waals surface area (Å²) in [5.41, 5.74) is -1.02. The summed E-state index contributed by atoms with van der Waals surface area (Å²) < 4.78 is 0. The van der Waals surface area contributed by atoms with Crippen LogP contribution in [0.1, 0.15) is 20.3 Å². The Morgan fingerprint density at radius 2 is 2.12 bits per heavy atom. The second-order valence-corrected chi connectivity index (χ2v) is 1.86. The highest BCUT2D eigenvalue weighted by Gasteiger charge is 2.12. The van der Waals surface area contributed by atoms with Crippen LogP contribution in [-0.2, 0) is 0 Å². The summed E-state index contributed by atoms with van der Waals surface area (Å²) in [4.78, 5) is 0. The Morgan fingerprint density at radius 1 is 1.62 bits per heavy atom. The zero-order valence-corrected chi connectivity index (χ0v) is 5.10. The average molecular weight is 114 g/mol. The molecule has 8 heavy (non-hydrogen) atoms. The Hall–Kier alpha value is -0.680. The van der Waals surface area contributed by atoms with Crippen LogP contribution in [0.2, 0.25) is 0 Å². The second-order valence-electron chi connectivity index (χ2n) is 1.86. The van der Waals surface area contributed by atoms with E-state index in [4.69, 9.17) is 10.2 Å². The molecule has 0 fully saturated rings. The van der Waals surface area contributed by atoms with Crippen LogP contribution in [0.25, 0.3) is 0 Å². The zero-order valence-electron chi connectivity index (χ0n) is 5.10. The average Bonchev–Trinajstić information content (AvgIpc) is 1.67. The maximum atomic E-state index is 8.99. The molecule has 0 aliphatic carbocycles. The van der Waals surface area contributed by atoms with Crippen LogP contribution in [-0.4, -0.2) is 15.8 Å². The second kappa shape index (κ2) is 2.58. The first-order valence-corrected chi connectivity index (χ1v) is 2.51. The molecule has 1 atom stereocenters. The van der Waals surface area contributed by atoms with Crippen molar-refractivity contribution in [2.75, 3.05) is 0 Å². The lowest BCUT2D eigenvalue weighted by atomic mass is 10.1. The van der Waals surface area contributed by atoms with Crippen LogP contribution in [0.15, 0.2) is 0 Å². The summed E-state index contributed by atoms with van der Waals surface area (Å²) >= 11 is 0. The molecule has 0 aromatic carbocycles. The highest BCUT2D eigenvalue weighted by molar-refractivity contribution is 5.06. The largest absolute Gasteiger partial charge is 0.462 e. The lowest BCUT2D eigenvalue weighted by Gasteiger charge is -2.10. The van der Waals surface area contributed by atoms with Crippen LogP contribution in [0.4, 0.5) is 0 Å². The third-order valence-electron chi connectivity index (χ3n) is 1.01. The first-order valence-electron chi connectivity index (χ1n) is 2.51. The van der Waals surface area contributed by atoms with Crippen molar-refractivity contribution >= 4 is 0 Å². The molecule has 0 bridgehead atoms. The van der Waals surface area contributed by atoms with E-state index in [2.05, 4.69) is 5.92 Å². The van der Waals surface area contributed by atoms with Gasteiger partial charge in [-0.25, -0.2) is 0 Å². The molecule has 0 aromatic rings. The smallest absolute Gasteiger partial charge is 0.125 e. The Kier molecular flexibility index (Phi) is 2.36. The number of aliphatic hydroxyl groups is 2. The fraction of sp³-hybridized carbons (Fsp3) is 0.667. The molecule has 2 nitrogen and oxygen atoms in total. The molecule has 2 N–H and O–H groups in total. The van der Waals surface area contributed by atoms with Gasteiger partial charge in [0.25, 0.3) is 0 Å². The van der Waals surface area contributed by atoms with Gasteiger partial charge in [0.1, 0.15) is 11.7 Å². The molecule has 0 rings (SSSR count). The van der Waals surface area contributed by atoms with Crippen LogP contribution in [0.5, 0.6) is 0 Å². The van der Waals surface area contributed by atoms with Crippen molar-refractivity contribution in [2.24, 2.45) is 0 Å².